The molecule has 1 unspecified atom stereocenters. The van der Waals surface area contributed by atoms with Gasteiger partial charge in [-0.25, -0.2) is 0 Å². The van der Waals surface area contributed by atoms with Crippen molar-refractivity contribution in [3.8, 4) is 17.2 Å². The number of ether oxygens (including phenoxy) is 3. The van der Waals surface area contributed by atoms with Gasteiger partial charge in [0.05, 0.1) is 25.8 Å². The topological polar surface area (TPSA) is 60.0 Å². The molecule has 0 fully saturated rings. The minimum atomic E-state index is -0.0939. The van der Waals surface area contributed by atoms with Crippen LogP contribution in [-0.4, -0.2) is 50.8 Å². The summed E-state index contributed by atoms with van der Waals surface area (Å²) in [5.41, 5.74) is 1.03. The number of carbonyl (C=O) groups excluding carboxylic acids is 1. The molecule has 0 spiro atoms. The molecule has 0 radical (unpaired) electrons. The molecule has 1 aliphatic rings. The quantitative estimate of drug-likeness (QED) is 0.681. The van der Waals surface area contributed by atoms with Crippen molar-refractivity contribution in [3.05, 3.63) is 54.1 Å². The van der Waals surface area contributed by atoms with Gasteiger partial charge in [0.25, 0.3) is 0 Å². The summed E-state index contributed by atoms with van der Waals surface area (Å²) in [5.74, 6) is 2.58. The number of fused-ring (bicyclic) bond motifs is 1. The Morgan fingerprint density at radius 1 is 1.10 bits per heavy atom. The number of hydrogen-bond donors (Lipinski definition) is 1. The van der Waals surface area contributed by atoms with Crippen LogP contribution in [0.25, 0.3) is 0 Å². The number of benzene rings is 2. The Morgan fingerprint density at radius 3 is 2.57 bits per heavy atom. The van der Waals surface area contributed by atoms with E-state index in [2.05, 4.69) is 19.2 Å². The lowest BCUT2D eigenvalue weighted by Crippen LogP contribution is -2.40. The maximum Gasteiger partial charge on any atom is 0.234 e. The van der Waals surface area contributed by atoms with E-state index in [1.54, 1.807) is 0 Å². The minimum absolute atomic E-state index is 0.0111. The first-order chi connectivity index (χ1) is 14.5. The summed E-state index contributed by atoms with van der Waals surface area (Å²) in [6, 6.07) is 15.5. The molecule has 1 heterocycles. The lowest BCUT2D eigenvalue weighted by Gasteiger charge is -2.25. The number of rotatable bonds is 9. The van der Waals surface area contributed by atoms with Gasteiger partial charge in [0.1, 0.15) is 12.4 Å². The third-order valence-electron chi connectivity index (χ3n) is 5.01. The summed E-state index contributed by atoms with van der Waals surface area (Å²) in [5, 5.41) is 3.18. The zero-order valence-corrected chi connectivity index (χ0v) is 18.1. The molecule has 2 aromatic carbocycles. The third-order valence-corrected chi connectivity index (χ3v) is 5.01. The number of carbonyl (C=O) groups is 1. The molecule has 162 valence electrons. The van der Waals surface area contributed by atoms with Crippen molar-refractivity contribution in [1.82, 2.24) is 10.2 Å². The number of likely N-dealkylation sites (N-methyl/N-ethyl adjacent to an activating group) is 1. The van der Waals surface area contributed by atoms with Crippen LogP contribution in [0.3, 0.4) is 0 Å². The largest absolute Gasteiger partial charge is 0.492 e. The molecule has 30 heavy (non-hydrogen) atoms. The van der Waals surface area contributed by atoms with E-state index in [0.29, 0.717) is 32.9 Å². The fraction of sp³-hybridized carbons (Fsp3) is 0.458. The van der Waals surface area contributed by atoms with Crippen molar-refractivity contribution in [2.75, 3.05) is 40.0 Å². The summed E-state index contributed by atoms with van der Waals surface area (Å²) < 4.78 is 17.2. The molecule has 1 N–H and O–H groups in total. The number of nitrogens with zero attached hydrogens (tertiary/aromatic N) is 1. The normalized spacial score (nSPS) is 14.3. The van der Waals surface area contributed by atoms with Crippen LogP contribution in [-0.2, 0) is 4.79 Å². The molecule has 0 aromatic heterocycles. The number of para-hydroxylation sites is 1. The molecule has 1 amide bonds. The molecule has 1 aliphatic heterocycles. The van der Waals surface area contributed by atoms with Gasteiger partial charge >= 0.3 is 0 Å². The van der Waals surface area contributed by atoms with E-state index < -0.39 is 0 Å². The number of nitrogens with one attached hydrogen (secondary N) is 1. The van der Waals surface area contributed by atoms with Gasteiger partial charge in [-0.05, 0) is 42.8 Å². The second-order valence-corrected chi connectivity index (χ2v) is 7.95. The number of hydrogen-bond acceptors (Lipinski definition) is 5. The van der Waals surface area contributed by atoms with Gasteiger partial charge in [0.15, 0.2) is 11.5 Å². The monoisotopic (exact) mass is 412 g/mol. The highest BCUT2D eigenvalue weighted by molar-refractivity contribution is 5.78. The highest BCUT2D eigenvalue weighted by atomic mass is 16.5. The lowest BCUT2D eigenvalue weighted by atomic mass is 9.95. The second kappa shape index (κ2) is 10.9. The van der Waals surface area contributed by atoms with Gasteiger partial charge in [-0.2, -0.15) is 0 Å². The molecule has 1 atom stereocenters. The van der Waals surface area contributed by atoms with E-state index in [9.17, 15) is 4.79 Å². The van der Waals surface area contributed by atoms with Gasteiger partial charge in [-0.15, -0.1) is 0 Å². The van der Waals surface area contributed by atoms with Crippen LogP contribution in [0.4, 0.5) is 0 Å². The first-order valence-electron chi connectivity index (χ1n) is 10.6. The van der Waals surface area contributed by atoms with Crippen LogP contribution in [0, 0.1) is 5.92 Å². The predicted octanol–water partition coefficient (Wildman–Crippen LogP) is 3.67. The molecule has 6 nitrogen and oxygen atoms in total. The van der Waals surface area contributed by atoms with Crippen molar-refractivity contribution < 1.29 is 19.0 Å². The van der Waals surface area contributed by atoms with Crippen LogP contribution in [0.15, 0.2) is 48.5 Å². The highest BCUT2D eigenvalue weighted by Gasteiger charge is 2.21. The smallest absolute Gasteiger partial charge is 0.234 e. The van der Waals surface area contributed by atoms with Crippen molar-refractivity contribution >= 4 is 5.91 Å². The zero-order chi connectivity index (χ0) is 21.3. The fourth-order valence-electron chi connectivity index (χ4n) is 3.39. The zero-order valence-electron chi connectivity index (χ0n) is 18.1. The molecular formula is C24H32N2O4. The molecule has 3 rings (SSSR count). The van der Waals surface area contributed by atoms with Gasteiger partial charge in [-0.3, -0.25) is 9.69 Å². The Morgan fingerprint density at radius 2 is 1.83 bits per heavy atom. The predicted molar refractivity (Wildman–Crippen MR) is 117 cm³/mol. The molecular weight excluding hydrogens is 380 g/mol. The average molecular weight is 413 g/mol. The van der Waals surface area contributed by atoms with Crippen LogP contribution in [0.5, 0.6) is 17.2 Å². The summed E-state index contributed by atoms with van der Waals surface area (Å²) in [7, 11) is 1.92. The summed E-state index contributed by atoms with van der Waals surface area (Å²) in [4.78, 5) is 14.6. The van der Waals surface area contributed by atoms with E-state index >= 15 is 0 Å². The highest BCUT2D eigenvalue weighted by Crippen LogP contribution is 2.34. The SMILES string of the molecule is CC(C)C(NC(=O)CN(C)CCOc1ccccc1)c1ccc2c(c1)OCCCO2. The van der Waals surface area contributed by atoms with Crippen molar-refractivity contribution in [3.63, 3.8) is 0 Å². The molecule has 6 heteroatoms. The van der Waals surface area contributed by atoms with Gasteiger partial charge in [-0.1, -0.05) is 38.1 Å². The van der Waals surface area contributed by atoms with Crippen LogP contribution in [0.1, 0.15) is 31.9 Å². The minimum Gasteiger partial charge on any atom is -0.492 e. The Labute approximate surface area is 179 Å². The standard InChI is InChI=1S/C24H32N2O4/c1-18(2)24(19-10-11-21-22(16-19)30-14-7-13-29-21)25-23(27)17-26(3)12-15-28-20-8-5-4-6-9-20/h4-6,8-11,16,18,24H,7,12-15,17H2,1-3H3,(H,25,27). The van der Waals surface area contributed by atoms with Crippen LogP contribution >= 0.6 is 0 Å². The van der Waals surface area contributed by atoms with E-state index in [0.717, 1.165) is 29.2 Å². The summed E-state index contributed by atoms with van der Waals surface area (Å²) in [6.07, 6.45) is 0.870. The third kappa shape index (κ3) is 6.39. The van der Waals surface area contributed by atoms with E-state index in [4.69, 9.17) is 14.2 Å². The van der Waals surface area contributed by atoms with Crippen LogP contribution < -0.4 is 19.5 Å². The first-order valence-corrected chi connectivity index (χ1v) is 10.6. The molecule has 2 aromatic rings. The Bertz CT molecular complexity index is 810. The fourth-order valence-corrected chi connectivity index (χ4v) is 3.39. The molecule has 0 bridgehead atoms. The molecule has 0 saturated carbocycles. The second-order valence-electron chi connectivity index (χ2n) is 7.95. The van der Waals surface area contributed by atoms with Crippen LogP contribution in [0.2, 0.25) is 0 Å². The molecule has 0 saturated heterocycles. The Hall–Kier alpha value is -2.73. The maximum atomic E-state index is 12.7. The Balaban J connectivity index is 1.53. The van der Waals surface area contributed by atoms with Gasteiger partial charge in [0.2, 0.25) is 5.91 Å². The maximum absolute atomic E-state index is 12.7. The van der Waals surface area contributed by atoms with Gasteiger partial charge in [0, 0.05) is 13.0 Å². The number of amides is 1. The van der Waals surface area contributed by atoms with Gasteiger partial charge < -0.3 is 19.5 Å². The van der Waals surface area contributed by atoms with E-state index in [-0.39, 0.29) is 17.9 Å². The summed E-state index contributed by atoms with van der Waals surface area (Å²) >= 11 is 0. The average Bonchev–Trinajstić information content (AvgIpc) is 2.97. The Kier molecular flexibility index (Phi) is 7.97. The van der Waals surface area contributed by atoms with E-state index in [1.807, 2.05) is 60.5 Å². The van der Waals surface area contributed by atoms with Crippen molar-refractivity contribution in [1.29, 1.82) is 0 Å². The molecule has 0 aliphatic carbocycles. The lowest BCUT2D eigenvalue weighted by molar-refractivity contribution is -0.123. The first kappa shape index (κ1) is 22.0. The van der Waals surface area contributed by atoms with Crippen molar-refractivity contribution in [2.24, 2.45) is 5.92 Å². The van der Waals surface area contributed by atoms with E-state index in [1.165, 1.54) is 0 Å². The summed E-state index contributed by atoms with van der Waals surface area (Å²) in [6.45, 7) is 7.02. The van der Waals surface area contributed by atoms with Crippen molar-refractivity contribution in [2.45, 2.75) is 26.3 Å².